The SMILES string of the molecule is CCNC(=NCc1cc(C#N)ccc1F)N1CCC2(CCOC2)C1.I. The lowest BCUT2D eigenvalue weighted by atomic mass is 9.87. The number of aliphatic imine (C=N–C) groups is 1. The molecular formula is C18H24FIN4O. The van der Waals surface area contributed by atoms with Crippen LogP contribution >= 0.6 is 24.0 Å². The van der Waals surface area contributed by atoms with Gasteiger partial charge in [0.15, 0.2) is 5.96 Å². The van der Waals surface area contributed by atoms with E-state index >= 15 is 0 Å². The minimum atomic E-state index is -0.323. The Morgan fingerprint density at radius 1 is 1.48 bits per heavy atom. The van der Waals surface area contributed by atoms with Crippen LogP contribution in [0.5, 0.6) is 0 Å². The van der Waals surface area contributed by atoms with Gasteiger partial charge in [-0.1, -0.05) is 0 Å². The maximum Gasteiger partial charge on any atom is 0.194 e. The van der Waals surface area contributed by atoms with Crippen molar-refractivity contribution in [1.29, 1.82) is 5.26 Å². The highest BCUT2D eigenvalue weighted by Crippen LogP contribution is 2.38. The van der Waals surface area contributed by atoms with E-state index in [4.69, 9.17) is 10.00 Å². The zero-order chi connectivity index (χ0) is 17.0. The van der Waals surface area contributed by atoms with Crippen LogP contribution in [0.3, 0.4) is 0 Å². The monoisotopic (exact) mass is 458 g/mol. The molecule has 0 radical (unpaired) electrons. The first-order valence-corrected chi connectivity index (χ1v) is 8.45. The van der Waals surface area contributed by atoms with Gasteiger partial charge in [0.05, 0.1) is 24.8 Å². The average molecular weight is 458 g/mol. The molecule has 3 rings (SSSR count). The standard InChI is InChI=1S/C18H23FN4O.HI/c1-2-21-17(23-7-5-18(12-23)6-8-24-13-18)22-11-15-9-14(10-20)3-4-16(15)19;/h3-4,9H,2,5-8,11-13H2,1H3,(H,21,22);1H. The Hall–Kier alpha value is -1.40. The molecule has 0 aromatic heterocycles. The first-order valence-electron chi connectivity index (χ1n) is 8.45. The molecule has 25 heavy (non-hydrogen) atoms. The van der Waals surface area contributed by atoms with E-state index < -0.39 is 0 Å². The number of hydrogen-bond donors (Lipinski definition) is 1. The van der Waals surface area contributed by atoms with E-state index in [1.54, 1.807) is 6.07 Å². The lowest BCUT2D eigenvalue weighted by Crippen LogP contribution is -2.41. The summed E-state index contributed by atoms with van der Waals surface area (Å²) in [6.45, 7) is 6.55. The molecule has 2 heterocycles. The Bertz CT molecular complexity index is 668. The van der Waals surface area contributed by atoms with Gasteiger partial charge >= 0.3 is 0 Å². The van der Waals surface area contributed by atoms with Gasteiger partial charge in [-0.15, -0.1) is 24.0 Å². The van der Waals surface area contributed by atoms with Crippen LogP contribution in [-0.4, -0.2) is 43.7 Å². The molecule has 0 bridgehead atoms. The van der Waals surface area contributed by atoms with Crippen molar-refractivity contribution in [2.24, 2.45) is 10.4 Å². The molecule has 1 unspecified atom stereocenters. The molecule has 1 spiro atoms. The average Bonchev–Trinajstić information content (AvgIpc) is 3.23. The van der Waals surface area contributed by atoms with Gasteiger partial charge in [-0.2, -0.15) is 5.26 Å². The topological polar surface area (TPSA) is 60.7 Å². The van der Waals surface area contributed by atoms with Crippen molar-refractivity contribution < 1.29 is 9.13 Å². The second-order valence-corrected chi connectivity index (χ2v) is 6.56. The van der Waals surface area contributed by atoms with Gasteiger partial charge in [-0.25, -0.2) is 9.38 Å². The molecule has 0 saturated carbocycles. The second kappa shape index (κ2) is 8.81. The Morgan fingerprint density at radius 3 is 3.00 bits per heavy atom. The van der Waals surface area contributed by atoms with Crippen molar-refractivity contribution in [2.45, 2.75) is 26.3 Å². The fourth-order valence-corrected chi connectivity index (χ4v) is 3.44. The van der Waals surface area contributed by atoms with Crippen molar-refractivity contribution in [3.63, 3.8) is 0 Å². The molecule has 0 aliphatic carbocycles. The zero-order valence-electron chi connectivity index (χ0n) is 14.4. The molecule has 1 atom stereocenters. The van der Waals surface area contributed by atoms with E-state index in [0.717, 1.165) is 51.6 Å². The maximum absolute atomic E-state index is 13.9. The normalized spacial score (nSPS) is 22.8. The molecule has 2 aliphatic rings. The number of benzene rings is 1. The fourth-order valence-electron chi connectivity index (χ4n) is 3.44. The number of nitriles is 1. The second-order valence-electron chi connectivity index (χ2n) is 6.56. The summed E-state index contributed by atoms with van der Waals surface area (Å²) in [7, 11) is 0. The first-order chi connectivity index (χ1) is 11.7. The van der Waals surface area contributed by atoms with Crippen LogP contribution in [0.4, 0.5) is 4.39 Å². The lowest BCUT2D eigenvalue weighted by molar-refractivity contribution is 0.156. The summed E-state index contributed by atoms with van der Waals surface area (Å²) >= 11 is 0. The van der Waals surface area contributed by atoms with Gasteiger partial charge in [0.25, 0.3) is 0 Å². The Morgan fingerprint density at radius 2 is 2.32 bits per heavy atom. The Kier molecular flexibility index (Phi) is 7.02. The fraction of sp³-hybridized carbons (Fsp3) is 0.556. The third kappa shape index (κ3) is 4.61. The summed E-state index contributed by atoms with van der Waals surface area (Å²) in [5, 5.41) is 12.3. The highest BCUT2D eigenvalue weighted by molar-refractivity contribution is 14.0. The molecule has 2 saturated heterocycles. The molecule has 7 heteroatoms. The van der Waals surface area contributed by atoms with Gasteiger partial charge in [0, 0.05) is 37.2 Å². The lowest BCUT2D eigenvalue weighted by Gasteiger charge is -2.25. The number of hydrogen-bond acceptors (Lipinski definition) is 3. The zero-order valence-corrected chi connectivity index (χ0v) is 16.8. The van der Waals surface area contributed by atoms with Gasteiger partial charge in [0.1, 0.15) is 5.82 Å². The van der Waals surface area contributed by atoms with Crippen LogP contribution < -0.4 is 5.32 Å². The molecule has 2 fully saturated rings. The number of rotatable bonds is 3. The summed E-state index contributed by atoms with van der Waals surface area (Å²) in [4.78, 5) is 6.84. The maximum atomic E-state index is 13.9. The van der Waals surface area contributed by atoms with Crippen LogP contribution in [-0.2, 0) is 11.3 Å². The third-order valence-electron chi connectivity index (χ3n) is 4.83. The molecule has 5 nitrogen and oxygen atoms in total. The van der Waals surface area contributed by atoms with Crippen LogP contribution in [0.15, 0.2) is 23.2 Å². The molecule has 1 aromatic carbocycles. The predicted molar refractivity (Wildman–Crippen MR) is 105 cm³/mol. The van der Waals surface area contributed by atoms with Gasteiger partial charge in [0.2, 0.25) is 0 Å². The van der Waals surface area contributed by atoms with Crippen LogP contribution in [0.1, 0.15) is 30.9 Å². The predicted octanol–water partition coefficient (Wildman–Crippen LogP) is 2.89. The quantitative estimate of drug-likeness (QED) is 0.430. The molecule has 136 valence electrons. The molecular weight excluding hydrogens is 434 g/mol. The van der Waals surface area contributed by atoms with Crippen molar-refractivity contribution in [3.8, 4) is 6.07 Å². The minimum absolute atomic E-state index is 0. The van der Waals surface area contributed by atoms with E-state index in [1.807, 2.05) is 13.0 Å². The van der Waals surface area contributed by atoms with E-state index in [-0.39, 0.29) is 41.8 Å². The van der Waals surface area contributed by atoms with Crippen LogP contribution in [0.2, 0.25) is 0 Å². The highest BCUT2D eigenvalue weighted by atomic mass is 127. The van der Waals surface area contributed by atoms with E-state index in [2.05, 4.69) is 15.2 Å². The summed E-state index contributed by atoms with van der Waals surface area (Å²) in [5.41, 5.74) is 1.15. The summed E-state index contributed by atoms with van der Waals surface area (Å²) in [6.07, 6.45) is 2.21. The van der Waals surface area contributed by atoms with Gasteiger partial charge < -0.3 is 15.0 Å². The minimum Gasteiger partial charge on any atom is -0.381 e. The highest BCUT2D eigenvalue weighted by Gasteiger charge is 2.42. The van der Waals surface area contributed by atoms with Crippen molar-refractivity contribution in [3.05, 3.63) is 35.1 Å². The molecule has 2 aliphatic heterocycles. The largest absolute Gasteiger partial charge is 0.381 e. The molecule has 0 amide bonds. The number of halogens is 2. The van der Waals surface area contributed by atoms with Crippen LogP contribution in [0, 0.1) is 22.6 Å². The number of guanidine groups is 1. The summed E-state index contributed by atoms with van der Waals surface area (Å²) < 4.78 is 19.5. The van der Waals surface area contributed by atoms with Crippen molar-refractivity contribution >= 4 is 29.9 Å². The number of ether oxygens (including phenoxy) is 1. The van der Waals surface area contributed by atoms with Crippen molar-refractivity contribution in [1.82, 2.24) is 10.2 Å². The van der Waals surface area contributed by atoms with Gasteiger partial charge in [-0.05, 0) is 38.0 Å². The Labute approximate surface area is 165 Å². The van der Waals surface area contributed by atoms with Crippen LogP contribution in [0.25, 0.3) is 0 Å². The smallest absolute Gasteiger partial charge is 0.194 e. The summed E-state index contributed by atoms with van der Waals surface area (Å²) in [5.74, 6) is 0.485. The van der Waals surface area contributed by atoms with Gasteiger partial charge in [-0.3, -0.25) is 0 Å². The van der Waals surface area contributed by atoms with Crippen molar-refractivity contribution in [2.75, 3.05) is 32.8 Å². The van der Waals surface area contributed by atoms with E-state index in [1.165, 1.54) is 12.1 Å². The number of nitrogens with one attached hydrogen (secondary N) is 1. The van der Waals surface area contributed by atoms with E-state index in [9.17, 15) is 4.39 Å². The Balaban J connectivity index is 0.00000225. The summed E-state index contributed by atoms with van der Waals surface area (Å²) in [6, 6.07) is 6.42. The first kappa shape index (κ1) is 19.9. The number of nitrogens with zero attached hydrogens (tertiary/aromatic N) is 3. The number of likely N-dealkylation sites (tertiary alicyclic amines) is 1. The van der Waals surface area contributed by atoms with E-state index in [0.29, 0.717) is 11.1 Å². The molecule has 1 N–H and O–H groups in total. The third-order valence-corrected chi connectivity index (χ3v) is 4.83. The molecule has 1 aromatic rings.